The summed E-state index contributed by atoms with van der Waals surface area (Å²) >= 11 is 0. The van der Waals surface area contributed by atoms with Crippen molar-refractivity contribution in [1.29, 1.82) is 0 Å². The van der Waals surface area contributed by atoms with E-state index in [9.17, 15) is 18.0 Å². The van der Waals surface area contributed by atoms with E-state index in [0.29, 0.717) is 11.4 Å². The topological polar surface area (TPSA) is 127 Å². The number of pyridine rings is 1. The number of hydrogen-bond acceptors (Lipinski definition) is 7. The molecule has 4 rings (SSSR count). The second-order valence-corrected chi connectivity index (χ2v) is 9.96. The number of aromatic nitrogens is 3. The summed E-state index contributed by atoms with van der Waals surface area (Å²) in [6.07, 6.45) is 6.49. The molecule has 10 nitrogen and oxygen atoms in total. The van der Waals surface area contributed by atoms with Gasteiger partial charge in [-0.15, -0.1) is 0 Å². The zero-order valence-electron chi connectivity index (χ0n) is 18.2. The molecule has 0 saturated heterocycles. The summed E-state index contributed by atoms with van der Waals surface area (Å²) in [5, 5.41) is 6.36. The molecule has 1 N–H and O–H groups in total. The first-order chi connectivity index (χ1) is 15.9. The Balaban J connectivity index is 1.44. The predicted molar refractivity (Wildman–Crippen MR) is 121 cm³/mol. The number of nitrogens with zero attached hydrogens (tertiary/aromatic N) is 4. The smallest absolute Gasteiger partial charge is 0.325 e. The Morgan fingerprint density at radius 2 is 1.88 bits per heavy atom. The van der Waals surface area contributed by atoms with Gasteiger partial charge in [-0.1, -0.05) is 30.5 Å². The summed E-state index contributed by atoms with van der Waals surface area (Å²) in [5.41, 5.74) is 0.802. The number of sulfonamides is 1. The summed E-state index contributed by atoms with van der Waals surface area (Å²) in [5.74, 6) is -1.13. The Labute approximate surface area is 191 Å². The molecular formula is C22H25N5O5S. The van der Waals surface area contributed by atoms with Crippen LogP contribution in [0, 0.1) is 0 Å². The third kappa shape index (κ3) is 5.04. The molecule has 1 fully saturated rings. The Kier molecular flexibility index (Phi) is 6.70. The lowest BCUT2D eigenvalue weighted by Gasteiger charge is -2.30. The van der Waals surface area contributed by atoms with Gasteiger partial charge in [0.05, 0.1) is 4.90 Å². The maximum Gasteiger partial charge on any atom is 0.442 e. The number of hydrogen-bond donors (Lipinski definition) is 1. The van der Waals surface area contributed by atoms with Crippen LogP contribution in [0.15, 0.2) is 62.9 Å². The zero-order chi connectivity index (χ0) is 23.4. The Bertz CT molecular complexity index is 1260. The molecule has 1 aliphatic rings. The molecule has 0 atom stereocenters. The molecule has 0 bridgehead atoms. The minimum Gasteiger partial charge on any atom is -0.325 e. The summed E-state index contributed by atoms with van der Waals surface area (Å²) in [6, 6.07) is 11.1. The maximum atomic E-state index is 13.0. The molecule has 174 valence electrons. The molecule has 1 aliphatic carbocycles. The molecular weight excluding hydrogens is 446 g/mol. The number of carbonyl (C=O) groups is 1. The van der Waals surface area contributed by atoms with Gasteiger partial charge in [-0.25, -0.2) is 17.8 Å². The van der Waals surface area contributed by atoms with Gasteiger partial charge in [0.2, 0.25) is 21.8 Å². The van der Waals surface area contributed by atoms with Gasteiger partial charge in [0, 0.05) is 25.0 Å². The highest BCUT2D eigenvalue weighted by Crippen LogP contribution is 2.27. The number of amides is 1. The first-order valence-electron chi connectivity index (χ1n) is 10.7. The van der Waals surface area contributed by atoms with E-state index in [2.05, 4.69) is 15.5 Å². The monoisotopic (exact) mass is 471 g/mol. The highest BCUT2D eigenvalue weighted by molar-refractivity contribution is 7.89. The van der Waals surface area contributed by atoms with Crippen LogP contribution in [0.1, 0.15) is 32.1 Å². The fourth-order valence-corrected chi connectivity index (χ4v) is 5.36. The van der Waals surface area contributed by atoms with Gasteiger partial charge < -0.3 is 5.32 Å². The Morgan fingerprint density at radius 1 is 1.15 bits per heavy atom. The van der Waals surface area contributed by atoms with Crippen LogP contribution in [0.5, 0.6) is 0 Å². The van der Waals surface area contributed by atoms with Crippen LogP contribution in [0.3, 0.4) is 0 Å². The molecule has 1 saturated carbocycles. The van der Waals surface area contributed by atoms with Gasteiger partial charge in [-0.3, -0.25) is 14.3 Å². The van der Waals surface area contributed by atoms with Crippen LogP contribution in [-0.2, 0) is 21.4 Å². The SMILES string of the molecule is CN(C1CCCCC1)S(=O)(=O)c1ccc(NC(=O)Cn2c(-c3ccccn3)noc2=O)cc1. The molecule has 33 heavy (non-hydrogen) atoms. The molecule has 11 heteroatoms. The van der Waals surface area contributed by atoms with Crippen molar-refractivity contribution in [3.8, 4) is 11.5 Å². The molecule has 1 aromatic carbocycles. The maximum absolute atomic E-state index is 13.0. The van der Waals surface area contributed by atoms with Gasteiger partial charge in [-0.05, 0) is 49.2 Å². The molecule has 0 spiro atoms. The van der Waals surface area contributed by atoms with Crippen molar-refractivity contribution >= 4 is 21.6 Å². The van der Waals surface area contributed by atoms with E-state index in [1.807, 2.05) is 0 Å². The van der Waals surface area contributed by atoms with E-state index in [1.165, 1.54) is 28.6 Å². The first-order valence-corrected chi connectivity index (χ1v) is 12.2. The molecule has 0 aliphatic heterocycles. The van der Waals surface area contributed by atoms with Crippen LogP contribution in [0.4, 0.5) is 5.69 Å². The lowest BCUT2D eigenvalue weighted by atomic mass is 9.96. The lowest BCUT2D eigenvalue weighted by Crippen LogP contribution is -2.38. The molecule has 3 aromatic rings. The molecule has 2 heterocycles. The third-order valence-corrected chi connectivity index (χ3v) is 7.71. The van der Waals surface area contributed by atoms with Crippen LogP contribution in [0.2, 0.25) is 0 Å². The summed E-state index contributed by atoms with van der Waals surface area (Å²) in [7, 11) is -2.00. The van der Waals surface area contributed by atoms with E-state index < -0.39 is 21.7 Å². The van der Waals surface area contributed by atoms with Crippen LogP contribution >= 0.6 is 0 Å². The number of rotatable bonds is 7. The van der Waals surface area contributed by atoms with Crippen molar-refractivity contribution in [2.45, 2.75) is 49.6 Å². The van der Waals surface area contributed by atoms with Crippen molar-refractivity contribution in [3.05, 3.63) is 59.2 Å². The van der Waals surface area contributed by atoms with Gasteiger partial charge in [0.1, 0.15) is 12.2 Å². The van der Waals surface area contributed by atoms with Crippen molar-refractivity contribution < 1.29 is 17.7 Å². The molecule has 2 aromatic heterocycles. The summed E-state index contributed by atoms with van der Waals surface area (Å²) < 4.78 is 33.2. The predicted octanol–water partition coefficient (Wildman–Crippen LogP) is 2.49. The lowest BCUT2D eigenvalue weighted by molar-refractivity contribution is -0.116. The van der Waals surface area contributed by atoms with E-state index in [1.54, 1.807) is 31.4 Å². The number of nitrogens with one attached hydrogen (secondary N) is 1. The number of anilines is 1. The average molecular weight is 472 g/mol. The van der Waals surface area contributed by atoms with Crippen LogP contribution in [-0.4, -0.2) is 46.4 Å². The normalized spacial score (nSPS) is 15.0. The van der Waals surface area contributed by atoms with Crippen molar-refractivity contribution in [1.82, 2.24) is 19.0 Å². The van der Waals surface area contributed by atoms with Crippen molar-refractivity contribution in [2.24, 2.45) is 0 Å². The van der Waals surface area contributed by atoms with E-state index in [-0.39, 0.29) is 23.3 Å². The largest absolute Gasteiger partial charge is 0.442 e. The average Bonchev–Trinajstić information content (AvgIpc) is 3.19. The molecule has 0 unspecified atom stereocenters. The highest BCUT2D eigenvalue weighted by atomic mass is 32.2. The number of carbonyl (C=O) groups excluding carboxylic acids is 1. The highest BCUT2D eigenvalue weighted by Gasteiger charge is 2.29. The number of benzene rings is 1. The minimum absolute atomic E-state index is 0.0123. The standard InChI is InChI=1S/C22H25N5O5S/c1-26(17-7-3-2-4-8-17)33(30,31)18-12-10-16(11-13-18)24-20(28)15-27-21(25-32-22(27)29)19-9-5-6-14-23-19/h5-6,9-14,17H,2-4,7-8,15H2,1H3,(H,24,28). The third-order valence-electron chi connectivity index (χ3n) is 5.79. The fourth-order valence-electron chi connectivity index (χ4n) is 3.95. The minimum atomic E-state index is -3.62. The Hall–Kier alpha value is -3.31. The van der Waals surface area contributed by atoms with Crippen molar-refractivity contribution in [3.63, 3.8) is 0 Å². The van der Waals surface area contributed by atoms with Gasteiger partial charge in [-0.2, -0.15) is 4.31 Å². The summed E-state index contributed by atoms with van der Waals surface area (Å²) in [6.45, 7) is -0.335. The molecule has 0 radical (unpaired) electrons. The second kappa shape index (κ2) is 9.67. The van der Waals surface area contributed by atoms with Gasteiger partial charge in [0.25, 0.3) is 0 Å². The van der Waals surface area contributed by atoms with E-state index >= 15 is 0 Å². The first kappa shape index (κ1) is 22.9. The van der Waals surface area contributed by atoms with Gasteiger partial charge >= 0.3 is 5.76 Å². The second-order valence-electron chi connectivity index (χ2n) is 7.96. The van der Waals surface area contributed by atoms with Crippen LogP contribution in [0.25, 0.3) is 11.5 Å². The quantitative estimate of drug-likeness (QED) is 0.561. The molecule has 1 amide bonds. The van der Waals surface area contributed by atoms with Gasteiger partial charge in [0.15, 0.2) is 0 Å². The zero-order valence-corrected chi connectivity index (χ0v) is 19.0. The van der Waals surface area contributed by atoms with Crippen LogP contribution < -0.4 is 11.1 Å². The van der Waals surface area contributed by atoms with Crippen molar-refractivity contribution in [2.75, 3.05) is 12.4 Å². The van der Waals surface area contributed by atoms with E-state index in [4.69, 9.17) is 4.52 Å². The fraction of sp³-hybridized carbons (Fsp3) is 0.364. The van der Waals surface area contributed by atoms with E-state index in [0.717, 1.165) is 36.7 Å². The Morgan fingerprint density at radius 3 is 2.55 bits per heavy atom. The summed E-state index contributed by atoms with van der Waals surface area (Å²) in [4.78, 5) is 28.8.